The lowest BCUT2D eigenvalue weighted by molar-refractivity contribution is -0.129. The van der Waals surface area contributed by atoms with E-state index < -0.39 is 0 Å². The van der Waals surface area contributed by atoms with Gasteiger partial charge >= 0.3 is 0 Å². The highest BCUT2D eigenvalue weighted by atomic mass is 16.5. The minimum Gasteiger partial charge on any atom is -0.489 e. The van der Waals surface area contributed by atoms with Gasteiger partial charge in [-0.15, -0.1) is 0 Å². The summed E-state index contributed by atoms with van der Waals surface area (Å²) < 4.78 is 5.68. The second-order valence-corrected chi connectivity index (χ2v) is 5.13. The highest BCUT2D eigenvalue weighted by Gasteiger charge is 2.21. The van der Waals surface area contributed by atoms with Crippen molar-refractivity contribution in [1.29, 1.82) is 0 Å². The topological polar surface area (TPSA) is 58.8 Å². The second kappa shape index (κ2) is 5.38. The van der Waals surface area contributed by atoms with Crippen molar-refractivity contribution in [1.82, 2.24) is 4.90 Å². The van der Waals surface area contributed by atoms with Crippen molar-refractivity contribution in [3.8, 4) is 5.75 Å². The number of nitrogens with zero attached hydrogens (tertiary/aromatic N) is 2. The Kier molecular flexibility index (Phi) is 3.83. The van der Waals surface area contributed by atoms with E-state index in [0.717, 1.165) is 18.8 Å². The van der Waals surface area contributed by atoms with Crippen molar-refractivity contribution < 1.29 is 9.53 Å². The van der Waals surface area contributed by atoms with Crippen molar-refractivity contribution in [2.45, 2.75) is 20.0 Å². The molecule has 0 atom stereocenters. The van der Waals surface area contributed by atoms with Crippen LogP contribution in [0.4, 0.5) is 11.4 Å². The van der Waals surface area contributed by atoms with Crippen LogP contribution in [0.15, 0.2) is 18.2 Å². The van der Waals surface area contributed by atoms with Crippen LogP contribution in [0.25, 0.3) is 0 Å². The van der Waals surface area contributed by atoms with Crippen LogP contribution in [-0.2, 0) is 4.79 Å². The average Bonchev–Trinajstić information content (AvgIpc) is 2.35. The van der Waals surface area contributed by atoms with Crippen LogP contribution in [0.1, 0.15) is 13.8 Å². The van der Waals surface area contributed by atoms with Gasteiger partial charge in [-0.05, 0) is 26.0 Å². The number of nitrogen functional groups attached to an aromatic ring is 1. The molecule has 1 heterocycles. The molecule has 104 valence electrons. The lowest BCUT2D eigenvalue weighted by Crippen LogP contribution is -2.48. The van der Waals surface area contributed by atoms with E-state index in [-0.39, 0.29) is 12.0 Å². The molecular formula is C14H21N3O2. The minimum atomic E-state index is 0.0756. The third-order valence-electron chi connectivity index (χ3n) is 3.18. The van der Waals surface area contributed by atoms with Gasteiger partial charge in [-0.25, -0.2) is 0 Å². The zero-order valence-corrected chi connectivity index (χ0v) is 11.7. The molecule has 1 aliphatic heterocycles. The molecule has 0 spiro atoms. The number of likely N-dealkylation sites (N-methyl/N-ethyl adjacent to an activating group) is 1. The van der Waals surface area contributed by atoms with E-state index in [1.54, 1.807) is 4.90 Å². The maximum Gasteiger partial charge on any atom is 0.241 e. The van der Waals surface area contributed by atoms with Gasteiger partial charge in [0.1, 0.15) is 5.75 Å². The first-order valence-electron chi connectivity index (χ1n) is 6.52. The zero-order valence-electron chi connectivity index (χ0n) is 11.7. The number of nitrogens with two attached hydrogens (primary N) is 1. The third-order valence-corrected chi connectivity index (χ3v) is 3.18. The molecule has 1 aliphatic rings. The fourth-order valence-electron chi connectivity index (χ4n) is 2.05. The summed E-state index contributed by atoms with van der Waals surface area (Å²) in [6.07, 6.45) is 0.0756. The number of rotatable bonds is 3. The molecule has 0 saturated carbocycles. The quantitative estimate of drug-likeness (QED) is 0.836. The second-order valence-electron chi connectivity index (χ2n) is 5.13. The fourth-order valence-corrected chi connectivity index (χ4v) is 2.05. The Labute approximate surface area is 113 Å². The Morgan fingerprint density at radius 1 is 1.32 bits per heavy atom. The average molecular weight is 263 g/mol. The van der Waals surface area contributed by atoms with Gasteiger partial charge in [0.05, 0.1) is 18.3 Å². The number of carbonyl (C=O) groups is 1. The van der Waals surface area contributed by atoms with Gasteiger partial charge in [-0.3, -0.25) is 4.79 Å². The number of hydrogen-bond donors (Lipinski definition) is 1. The molecule has 1 aromatic carbocycles. The monoisotopic (exact) mass is 263 g/mol. The van der Waals surface area contributed by atoms with E-state index in [9.17, 15) is 4.79 Å². The summed E-state index contributed by atoms with van der Waals surface area (Å²) in [4.78, 5) is 15.5. The summed E-state index contributed by atoms with van der Waals surface area (Å²) in [5.41, 5.74) is 7.50. The van der Waals surface area contributed by atoms with Crippen LogP contribution in [0.5, 0.6) is 5.75 Å². The fraction of sp³-hybridized carbons (Fsp3) is 0.500. The maximum absolute atomic E-state index is 11.7. The minimum absolute atomic E-state index is 0.0756. The Balaban J connectivity index is 2.18. The van der Waals surface area contributed by atoms with Gasteiger partial charge in [0.15, 0.2) is 0 Å². The number of carbonyl (C=O) groups excluding carboxylic acids is 1. The molecule has 0 radical (unpaired) electrons. The molecule has 5 nitrogen and oxygen atoms in total. The first-order valence-corrected chi connectivity index (χ1v) is 6.52. The highest BCUT2D eigenvalue weighted by Crippen LogP contribution is 2.29. The van der Waals surface area contributed by atoms with Gasteiger partial charge in [-0.1, -0.05) is 0 Å². The Morgan fingerprint density at radius 2 is 2.05 bits per heavy atom. The molecule has 0 aliphatic carbocycles. The number of ether oxygens (including phenoxy) is 1. The van der Waals surface area contributed by atoms with Crippen LogP contribution >= 0.6 is 0 Å². The number of hydrogen-bond acceptors (Lipinski definition) is 4. The van der Waals surface area contributed by atoms with Crippen LogP contribution in [0.3, 0.4) is 0 Å². The van der Waals surface area contributed by atoms with Crippen LogP contribution in [-0.4, -0.2) is 43.6 Å². The van der Waals surface area contributed by atoms with Gasteiger partial charge in [0.2, 0.25) is 5.91 Å². The molecule has 2 N–H and O–H groups in total. The zero-order chi connectivity index (χ0) is 14.0. The standard InChI is InChI=1S/C14H21N3O2/c1-10(2)19-13-8-11(4-5-12(13)15)17-7-6-16(3)14(18)9-17/h4-5,8,10H,6-7,9,15H2,1-3H3. The molecule has 0 bridgehead atoms. The summed E-state index contributed by atoms with van der Waals surface area (Å²) in [5.74, 6) is 0.813. The largest absolute Gasteiger partial charge is 0.489 e. The predicted molar refractivity (Wildman–Crippen MR) is 76.5 cm³/mol. The van der Waals surface area contributed by atoms with Gasteiger partial charge < -0.3 is 20.3 Å². The molecule has 1 saturated heterocycles. The van der Waals surface area contributed by atoms with Gasteiger partial charge in [0.25, 0.3) is 0 Å². The molecular weight excluding hydrogens is 242 g/mol. The molecule has 19 heavy (non-hydrogen) atoms. The first kappa shape index (κ1) is 13.5. The summed E-state index contributed by atoms with van der Waals surface area (Å²) in [6.45, 7) is 5.90. The van der Waals surface area contributed by atoms with Gasteiger partial charge in [-0.2, -0.15) is 0 Å². The lowest BCUT2D eigenvalue weighted by Gasteiger charge is -2.33. The number of benzene rings is 1. The Bertz CT molecular complexity index is 474. The molecule has 1 amide bonds. The van der Waals surface area contributed by atoms with E-state index in [2.05, 4.69) is 4.90 Å². The number of anilines is 2. The number of amides is 1. The predicted octanol–water partition coefficient (Wildman–Crippen LogP) is 1.33. The normalized spacial score (nSPS) is 16.1. The summed E-state index contributed by atoms with van der Waals surface area (Å²) >= 11 is 0. The Morgan fingerprint density at radius 3 is 2.68 bits per heavy atom. The van der Waals surface area contributed by atoms with Crippen molar-refractivity contribution in [2.75, 3.05) is 37.3 Å². The highest BCUT2D eigenvalue weighted by molar-refractivity contribution is 5.83. The Hall–Kier alpha value is -1.91. The van der Waals surface area contributed by atoms with Crippen LogP contribution in [0, 0.1) is 0 Å². The van der Waals surface area contributed by atoms with E-state index in [0.29, 0.717) is 18.0 Å². The molecule has 0 aromatic heterocycles. The lowest BCUT2D eigenvalue weighted by atomic mass is 10.2. The SMILES string of the molecule is CC(C)Oc1cc(N2CCN(C)C(=O)C2)ccc1N. The first-order chi connectivity index (χ1) is 8.97. The maximum atomic E-state index is 11.7. The summed E-state index contributed by atoms with van der Waals surface area (Å²) in [7, 11) is 1.83. The molecule has 1 fully saturated rings. The summed E-state index contributed by atoms with van der Waals surface area (Å²) in [6, 6.07) is 5.67. The number of piperazine rings is 1. The van der Waals surface area contributed by atoms with Crippen LogP contribution in [0.2, 0.25) is 0 Å². The smallest absolute Gasteiger partial charge is 0.241 e. The van der Waals surface area contributed by atoms with Gasteiger partial charge in [0, 0.05) is 31.9 Å². The van der Waals surface area contributed by atoms with Crippen molar-refractivity contribution in [2.24, 2.45) is 0 Å². The van der Waals surface area contributed by atoms with E-state index in [1.165, 1.54) is 0 Å². The third kappa shape index (κ3) is 3.10. The van der Waals surface area contributed by atoms with E-state index in [4.69, 9.17) is 10.5 Å². The summed E-state index contributed by atoms with van der Waals surface area (Å²) in [5, 5.41) is 0. The molecule has 5 heteroatoms. The van der Waals surface area contributed by atoms with Crippen molar-refractivity contribution in [3.63, 3.8) is 0 Å². The molecule has 1 aromatic rings. The van der Waals surface area contributed by atoms with E-state index >= 15 is 0 Å². The van der Waals surface area contributed by atoms with Crippen LogP contribution < -0.4 is 15.4 Å². The molecule has 2 rings (SSSR count). The van der Waals surface area contributed by atoms with E-state index in [1.807, 2.05) is 39.1 Å². The van der Waals surface area contributed by atoms with Crippen molar-refractivity contribution >= 4 is 17.3 Å². The van der Waals surface area contributed by atoms with Crippen molar-refractivity contribution in [3.05, 3.63) is 18.2 Å². The molecule has 0 unspecified atom stereocenters.